The molecule has 0 aliphatic carbocycles. The topological polar surface area (TPSA) is 50.2 Å². The third kappa shape index (κ3) is 3.61. The van der Waals surface area contributed by atoms with E-state index in [0.29, 0.717) is 17.9 Å². The van der Waals surface area contributed by atoms with E-state index in [1.165, 1.54) is 30.8 Å². The smallest absolute Gasteiger partial charge is 0.293 e. The number of rotatable bonds is 3. The SMILES string of the molecule is Cn1ccnc(N2CCC[C@@H](N[C@@H]3CCCSC3)C2)c1=O. The van der Waals surface area contributed by atoms with Crippen LogP contribution in [0.15, 0.2) is 17.2 Å². The Morgan fingerprint density at radius 3 is 3.00 bits per heavy atom. The molecule has 6 heteroatoms. The maximum atomic E-state index is 12.2. The molecule has 2 atom stereocenters. The molecule has 0 radical (unpaired) electrons. The van der Waals surface area contributed by atoms with Crippen LogP contribution in [0.3, 0.4) is 0 Å². The molecule has 5 nitrogen and oxygen atoms in total. The van der Waals surface area contributed by atoms with Gasteiger partial charge in [-0.2, -0.15) is 11.8 Å². The lowest BCUT2D eigenvalue weighted by Crippen LogP contribution is -2.51. The largest absolute Gasteiger partial charge is 0.350 e. The van der Waals surface area contributed by atoms with Gasteiger partial charge in [-0.25, -0.2) is 4.98 Å². The van der Waals surface area contributed by atoms with Crippen LogP contribution in [0.4, 0.5) is 5.82 Å². The van der Waals surface area contributed by atoms with E-state index in [0.717, 1.165) is 19.5 Å². The van der Waals surface area contributed by atoms with E-state index in [1.807, 2.05) is 0 Å². The molecule has 0 aromatic carbocycles. The number of hydrogen-bond acceptors (Lipinski definition) is 5. The standard InChI is InChI=1S/C15H24N4OS/c1-18-8-6-16-14(15(18)20)19-7-2-4-12(10-19)17-13-5-3-9-21-11-13/h6,8,12-13,17H,2-5,7,9-11H2,1H3/t12-,13-/m1/s1. The lowest BCUT2D eigenvalue weighted by atomic mass is 10.0. The lowest BCUT2D eigenvalue weighted by molar-refractivity contribution is 0.371. The Bertz CT molecular complexity index is 527. The molecule has 1 N–H and O–H groups in total. The second kappa shape index (κ2) is 6.83. The molecule has 3 heterocycles. The van der Waals surface area contributed by atoms with E-state index < -0.39 is 0 Å². The number of piperidine rings is 1. The summed E-state index contributed by atoms with van der Waals surface area (Å²) >= 11 is 2.05. The molecule has 2 saturated heterocycles. The molecule has 21 heavy (non-hydrogen) atoms. The Balaban J connectivity index is 1.65. The summed E-state index contributed by atoms with van der Waals surface area (Å²) in [6, 6.07) is 1.12. The van der Waals surface area contributed by atoms with Crippen molar-refractivity contribution < 1.29 is 0 Å². The Kier molecular flexibility index (Phi) is 4.85. The van der Waals surface area contributed by atoms with E-state index in [-0.39, 0.29) is 5.56 Å². The molecule has 2 aliphatic heterocycles. The molecule has 1 aromatic heterocycles. The molecule has 0 unspecified atom stereocenters. The Hall–Kier alpha value is -1.01. The molecule has 0 saturated carbocycles. The first-order valence-corrected chi connectivity index (χ1v) is 9.00. The van der Waals surface area contributed by atoms with Crippen LogP contribution in [0.2, 0.25) is 0 Å². The summed E-state index contributed by atoms with van der Waals surface area (Å²) in [5.41, 5.74) is 0.00590. The normalized spacial score (nSPS) is 26.8. The van der Waals surface area contributed by atoms with Gasteiger partial charge in [0.05, 0.1) is 0 Å². The minimum atomic E-state index is 0.00590. The molecule has 0 amide bonds. The average molecular weight is 308 g/mol. The van der Waals surface area contributed by atoms with Gasteiger partial charge >= 0.3 is 0 Å². The number of thioether (sulfide) groups is 1. The van der Waals surface area contributed by atoms with Crippen molar-refractivity contribution in [2.75, 3.05) is 29.5 Å². The number of aromatic nitrogens is 2. The van der Waals surface area contributed by atoms with Crippen LogP contribution in [-0.4, -0.2) is 46.2 Å². The number of aryl methyl sites for hydroxylation is 1. The number of hydrogen-bond donors (Lipinski definition) is 1. The van der Waals surface area contributed by atoms with Crippen LogP contribution < -0.4 is 15.8 Å². The highest BCUT2D eigenvalue weighted by atomic mass is 32.2. The van der Waals surface area contributed by atoms with Crippen LogP contribution in [-0.2, 0) is 7.05 Å². The zero-order valence-electron chi connectivity index (χ0n) is 12.6. The minimum Gasteiger partial charge on any atom is -0.350 e. The summed E-state index contributed by atoms with van der Waals surface area (Å²) in [6.45, 7) is 1.83. The molecule has 2 aliphatic rings. The van der Waals surface area contributed by atoms with E-state index in [2.05, 4.69) is 27.0 Å². The zero-order valence-corrected chi connectivity index (χ0v) is 13.4. The second-order valence-electron chi connectivity index (χ2n) is 6.03. The Morgan fingerprint density at radius 1 is 1.33 bits per heavy atom. The van der Waals surface area contributed by atoms with Crippen molar-refractivity contribution in [3.8, 4) is 0 Å². The fourth-order valence-corrected chi connectivity index (χ4v) is 4.30. The van der Waals surface area contributed by atoms with Crippen molar-refractivity contribution in [2.24, 2.45) is 7.05 Å². The molecule has 3 rings (SSSR count). The number of anilines is 1. The summed E-state index contributed by atoms with van der Waals surface area (Å²) in [5.74, 6) is 3.13. The first-order valence-electron chi connectivity index (χ1n) is 7.84. The molecule has 116 valence electrons. The van der Waals surface area contributed by atoms with Crippen LogP contribution >= 0.6 is 11.8 Å². The fraction of sp³-hybridized carbons (Fsp3) is 0.733. The maximum absolute atomic E-state index is 12.2. The number of nitrogens with one attached hydrogen (secondary N) is 1. The van der Waals surface area contributed by atoms with Crippen LogP contribution in [0.25, 0.3) is 0 Å². The molecule has 0 spiro atoms. The highest BCUT2D eigenvalue weighted by Gasteiger charge is 2.25. The Labute approximate surface area is 130 Å². The first kappa shape index (κ1) is 14.9. The van der Waals surface area contributed by atoms with E-state index >= 15 is 0 Å². The molecule has 0 bridgehead atoms. The molecule has 2 fully saturated rings. The van der Waals surface area contributed by atoms with Gasteiger partial charge in [-0.15, -0.1) is 0 Å². The van der Waals surface area contributed by atoms with Gasteiger partial charge in [-0.3, -0.25) is 4.79 Å². The summed E-state index contributed by atoms with van der Waals surface area (Å²) < 4.78 is 1.61. The van der Waals surface area contributed by atoms with Gasteiger partial charge in [-0.05, 0) is 31.4 Å². The van der Waals surface area contributed by atoms with Gasteiger partial charge in [0.2, 0.25) is 0 Å². The van der Waals surface area contributed by atoms with Gasteiger partial charge in [0.25, 0.3) is 5.56 Å². The molecular formula is C15H24N4OS. The summed E-state index contributed by atoms with van der Waals surface area (Å²) in [4.78, 5) is 18.7. The van der Waals surface area contributed by atoms with Crippen molar-refractivity contribution in [2.45, 2.75) is 37.8 Å². The zero-order chi connectivity index (χ0) is 14.7. The van der Waals surface area contributed by atoms with Gasteiger partial charge in [0, 0.05) is 50.4 Å². The summed E-state index contributed by atoms with van der Waals surface area (Å²) in [6.07, 6.45) is 8.35. The van der Waals surface area contributed by atoms with Gasteiger partial charge in [-0.1, -0.05) is 0 Å². The third-order valence-corrected chi connectivity index (χ3v) is 5.57. The predicted octanol–water partition coefficient (Wildman–Crippen LogP) is 1.23. The molecular weight excluding hydrogens is 284 g/mol. The Morgan fingerprint density at radius 2 is 2.19 bits per heavy atom. The predicted molar refractivity (Wildman–Crippen MR) is 88.2 cm³/mol. The van der Waals surface area contributed by atoms with E-state index in [9.17, 15) is 4.79 Å². The van der Waals surface area contributed by atoms with Crippen LogP contribution in [0.1, 0.15) is 25.7 Å². The second-order valence-corrected chi connectivity index (χ2v) is 7.18. The fourth-order valence-electron chi connectivity index (χ4n) is 3.21. The summed E-state index contributed by atoms with van der Waals surface area (Å²) in [5, 5.41) is 3.79. The maximum Gasteiger partial charge on any atom is 0.293 e. The van der Waals surface area contributed by atoms with Gasteiger partial charge in [0.1, 0.15) is 0 Å². The highest BCUT2D eigenvalue weighted by Crippen LogP contribution is 2.20. The van der Waals surface area contributed by atoms with Crippen molar-refractivity contribution >= 4 is 17.6 Å². The van der Waals surface area contributed by atoms with E-state index in [4.69, 9.17) is 0 Å². The van der Waals surface area contributed by atoms with Gasteiger partial charge in [0.15, 0.2) is 5.82 Å². The average Bonchev–Trinajstić information content (AvgIpc) is 2.51. The van der Waals surface area contributed by atoms with Gasteiger partial charge < -0.3 is 14.8 Å². The van der Waals surface area contributed by atoms with Crippen LogP contribution in [0.5, 0.6) is 0 Å². The van der Waals surface area contributed by atoms with Crippen molar-refractivity contribution in [1.29, 1.82) is 0 Å². The van der Waals surface area contributed by atoms with E-state index in [1.54, 1.807) is 24.0 Å². The van der Waals surface area contributed by atoms with Crippen LogP contribution in [0, 0.1) is 0 Å². The van der Waals surface area contributed by atoms with Crippen molar-refractivity contribution in [3.63, 3.8) is 0 Å². The van der Waals surface area contributed by atoms with Crippen molar-refractivity contribution in [1.82, 2.24) is 14.9 Å². The summed E-state index contributed by atoms with van der Waals surface area (Å²) in [7, 11) is 1.78. The lowest BCUT2D eigenvalue weighted by Gasteiger charge is -2.36. The minimum absolute atomic E-state index is 0.00590. The quantitative estimate of drug-likeness (QED) is 0.910. The molecule has 1 aromatic rings. The highest BCUT2D eigenvalue weighted by molar-refractivity contribution is 7.99. The monoisotopic (exact) mass is 308 g/mol. The number of nitrogens with zero attached hydrogens (tertiary/aromatic N) is 3. The first-order chi connectivity index (χ1) is 10.2. The third-order valence-electron chi connectivity index (χ3n) is 4.35. The van der Waals surface area contributed by atoms with Crippen molar-refractivity contribution in [3.05, 3.63) is 22.7 Å².